The summed E-state index contributed by atoms with van der Waals surface area (Å²) in [6, 6.07) is 4.53. The Bertz CT molecular complexity index is 885. The number of nitrogens with zero attached hydrogens (tertiary/aromatic N) is 4. The molecule has 2 aliphatic rings. The number of rotatable bonds is 4. The molecule has 3 rings (SSSR count). The van der Waals surface area contributed by atoms with Crippen LogP contribution in [0.15, 0.2) is 24.3 Å². The van der Waals surface area contributed by atoms with Gasteiger partial charge in [0, 0.05) is 46.8 Å². The summed E-state index contributed by atoms with van der Waals surface area (Å²) >= 11 is 0. The minimum absolute atomic E-state index is 0.0726. The van der Waals surface area contributed by atoms with Gasteiger partial charge in [-0.2, -0.15) is 17.0 Å². The van der Waals surface area contributed by atoms with E-state index >= 15 is 0 Å². The summed E-state index contributed by atoms with van der Waals surface area (Å²) in [5.74, 6) is -1.47. The van der Waals surface area contributed by atoms with Gasteiger partial charge in [-0.25, -0.2) is 9.18 Å². The van der Waals surface area contributed by atoms with Crippen LogP contribution in [-0.2, 0) is 15.0 Å². The second kappa shape index (κ2) is 8.86. The van der Waals surface area contributed by atoms with E-state index in [0.29, 0.717) is 12.8 Å². The maximum absolute atomic E-state index is 13.2. The van der Waals surface area contributed by atoms with Crippen molar-refractivity contribution in [2.75, 3.05) is 46.8 Å². The molecule has 0 bridgehead atoms. The summed E-state index contributed by atoms with van der Waals surface area (Å²) < 4.78 is 41.8. The quantitative estimate of drug-likeness (QED) is 0.750. The van der Waals surface area contributed by atoms with E-state index < -0.39 is 22.2 Å². The number of hydrogen-bond donors (Lipinski definition) is 1. The molecule has 1 aromatic carbocycles. The highest BCUT2D eigenvalue weighted by Gasteiger charge is 2.44. The van der Waals surface area contributed by atoms with Crippen molar-refractivity contribution < 1.29 is 27.5 Å². The molecular formula is C19H27FN4O5S. The Labute approximate surface area is 175 Å². The van der Waals surface area contributed by atoms with E-state index in [0.717, 1.165) is 9.87 Å². The molecule has 0 aromatic heterocycles. The van der Waals surface area contributed by atoms with Crippen LogP contribution in [0, 0.1) is 5.82 Å². The second-order valence-corrected chi connectivity index (χ2v) is 9.70. The van der Waals surface area contributed by atoms with Crippen LogP contribution in [0.1, 0.15) is 24.3 Å². The molecule has 9 nitrogen and oxygen atoms in total. The van der Waals surface area contributed by atoms with Crippen molar-refractivity contribution in [1.82, 2.24) is 18.4 Å². The number of benzene rings is 1. The van der Waals surface area contributed by atoms with Crippen LogP contribution in [-0.4, -0.2) is 96.8 Å². The van der Waals surface area contributed by atoms with Crippen molar-refractivity contribution >= 4 is 22.2 Å². The van der Waals surface area contributed by atoms with Crippen LogP contribution in [0.2, 0.25) is 0 Å². The monoisotopic (exact) mass is 442 g/mol. The lowest BCUT2D eigenvalue weighted by atomic mass is 9.90. The van der Waals surface area contributed by atoms with Crippen LogP contribution in [0.3, 0.4) is 0 Å². The van der Waals surface area contributed by atoms with Crippen molar-refractivity contribution in [2.24, 2.45) is 0 Å². The van der Waals surface area contributed by atoms with Gasteiger partial charge in [0.25, 0.3) is 10.2 Å². The molecule has 2 fully saturated rings. The van der Waals surface area contributed by atoms with Crippen molar-refractivity contribution in [1.29, 1.82) is 0 Å². The van der Waals surface area contributed by atoms with Crippen LogP contribution in [0.5, 0.6) is 0 Å². The average Bonchev–Trinajstić information content (AvgIpc) is 2.73. The summed E-state index contributed by atoms with van der Waals surface area (Å²) in [5, 5.41) is 9.61. The molecule has 166 valence electrons. The Morgan fingerprint density at radius 3 is 2.20 bits per heavy atom. The lowest BCUT2D eigenvalue weighted by molar-refractivity contribution is -0.143. The average molecular weight is 443 g/mol. The number of piperazine rings is 1. The van der Waals surface area contributed by atoms with Gasteiger partial charge in [0.2, 0.25) is 0 Å². The van der Waals surface area contributed by atoms with E-state index in [1.807, 2.05) is 0 Å². The fourth-order valence-electron chi connectivity index (χ4n) is 4.00. The molecule has 0 spiro atoms. The zero-order chi connectivity index (χ0) is 22.1. The van der Waals surface area contributed by atoms with Gasteiger partial charge < -0.3 is 14.9 Å². The molecule has 1 aromatic rings. The molecule has 11 heteroatoms. The second-order valence-electron chi connectivity index (χ2n) is 7.82. The van der Waals surface area contributed by atoms with Crippen molar-refractivity contribution in [3.8, 4) is 0 Å². The van der Waals surface area contributed by atoms with E-state index in [9.17, 15) is 27.5 Å². The highest BCUT2D eigenvalue weighted by atomic mass is 32.2. The molecule has 2 heterocycles. The first kappa shape index (κ1) is 22.4. The first-order valence-corrected chi connectivity index (χ1v) is 11.2. The normalized spacial score (nSPS) is 22.1. The predicted octanol–water partition coefficient (Wildman–Crippen LogP) is 1.00. The van der Waals surface area contributed by atoms with Crippen LogP contribution >= 0.6 is 0 Å². The van der Waals surface area contributed by atoms with Gasteiger partial charge in [0.05, 0.1) is 0 Å². The zero-order valence-electron chi connectivity index (χ0n) is 17.1. The van der Waals surface area contributed by atoms with Gasteiger partial charge in [0.1, 0.15) is 11.9 Å². The fraction of sp³-hybridized carbons (Fsp3) is 0.579. The zero-order valence-corrected chi connectivity index (χ0v) is 17.9. The van der Waals surface area contributed by atoms with E-state index in [-0.39, 0.29) is 50.5 Å². The molecule has 2 amide bonds. The van der Waals surface area contributed by atoms with Gasteiger partial charge >= 0.3 is 12.0 Å². The number of carbonyl (C=O) groups is 2. The highest BCUT2D eigenvalue weighted by molar-refractivity contribution is 7.86. The minimum atomic E-state index is -3.99. The SMILES string of the molecule is CN(C)C(=O)N1CCN(S(=O)(=O)N2CCC(c3ccc(F)cc3)CC2)C(C(=O)O)C1. The van der Waals surface area contributed by atoms with Crippen LogP contribution < -0.4 is 0 Å². The Morgan fingerprint density at radius 1 is 1.07 bits per heavy atom. The Morgan fingerprint density at radius 2 is 1.67 bits per heavy atom. The number of carboxylic acid groups (broad SMARTS) is 1. The van der Waals surface area contributed by atoms with E-state index in [1.165, 1.54) is 26.2 Å². The molecule has 0 aliphatic carbocycles. The predicted molar refractivity (Wildman–Crippen MR) is 108 cm³/mol. The summed E-state index contributed by atoms with van der Waals surface area (Å²) in [4.78, 5) is 26.7. The number of hydrogen-bond acceptors (Lipinski definition) is 4. The summed E-state index contributed by atoms with van der Waals surface area (Å²) in [6.45, 7) is 0.377. The maximum Gasteiger partial charge on any atom is 0.323 e. The standard InChI is InChI=1S/C19H27FN4O5S/c1-21(2)19(27)22-11-12-24(17(13-22)18(25)26)30(28,29)23-9-7-15(8-10-23)14-3-5-16(20)6-4-14/h3-6,15,17H,7-13H2,1-2H3,(H,25,26). The number of carboxylic acids is 1. The number of piperidine rings is 1. The number of amides is 2. The third kappa shape index (κ3) is 4.57. The van der Waals surface area contributed by atoms with Crippen LogP contribution in [0.4, 0.5) is 9.18 Å². The van der Waals surface area contributed by atoms with Gasteiger partial charge in [-0.05, 0) is 36.5 Å². The molecule has 1 unspecified atom stereocenters. The van der Waals surface area contributed by atoms with Gasteiger partial charge in [-0.3, -0.25) is 4.79 Å². The van der Waals surface area contributed by atoms with E-state index in [4.69, 9.17) is 0 Å². The van der Waals surface area contributed by atoms with Crippen molar-refractivity contribution in [2.45, 2.75) is 24.8 Å². The number of halogens is 1. The molecular weight excluding hydrogens is 415 g/mol. The maximum atomic E-state index is 13.2. The largest absolute Gasteiger partial charge is 0.480 e. The molecule has 1 atom stereocenters. The lowest BCUT2D eigenvalue weighted by Crippen LogP contribution is -2.63. The molecule has 2 saturated heterocycles. The minimum Gasteiger partial charge on any atom is -0.480 e. The van der Waals surface area contributed by atoms with Gasteiger partial charge in [0.15, 0.2) is 0 Å². The fourth-order valence-corrected chi connectivity index (χ4v) is 5.76. The number of aliphatic carboxylic acids is 1. The third-order valence-corrected chi connectivity index (χ3v) is 7.73. The number of urea groups is 1. The van der Waals surface area contributed by atoms with Crippen molar-refractivity contribution in [3.63, 3.8) is 0 Å². The third-order valence-electron chi connectivity index (χ3n) is 5.69. The molecule has 30 heavy (non-hydrogen) atoms. The lowest BCUT2D eigenvalue weighted by Gasteiger charge is -2.42. The smallest absolute Gasteiger partial charge is 0.323 e. The topological polar surface area (TPSA) is 101 Å². The van der Waals surface area contributed by atoms with Crippen LogP contribution in [0.25, 0.3) is 0 Å². The summed E-state index contributed by atoms with van der Waals surface area (Å²) in [6.07, 6.45) is 1.14. The summed E-state index contributed by atoms with van der Waals surface area (Å²) in [5.41, 5.74) is 0.965. The summed E-state index contributed by atoms with van der Waals surface area (Å²) in [7, 11) is -0.863. The highest BCUT2D eigenvalue weighted by Crippen LogP contribution is 2.30. The van der Waals surface area contributed by atoms with E-state index in [2.05, 4.69) is 0 Å². The Kier molecular flexibility index (Phi) is 6.63. The van der Waals surface area contributed by atoms with Crippen molar-refractivity contribution in [3.05, 3.63) is 35.6 Å². The Balaban J connectivity index is 1.69. The molecule has 2 aliphatic heterocycles. The molecule has 0 radical (unpaired) electrons. The van der Waals surface area contributed by atoms with Gasteiger partial charge in [-0.1, -0.05) is 12.1 Å². The van der Waals surface area contributed by atoms with E-state index in [1.54, 1.807) is 26.2 Å². The first-order valence-electron chi connectivity index (χ1n) is 9.82. The van der Waals surface area contributed by atoms with Gasteiger partial charge in [-0.15, -0.1) is 0 Å². The number of carbonyl (C=O) groups excluding carboxylic acids is 1. The Hall–Kier alpha value is -2.24. The first-order chi connectivity index (χ1) is 14.1. The molecule has 1 N–H and O–H groups in total. The molecule has 0 saturated carbocycles.